The Labute approximate surface area is 223 Å². The molecule has 1 heterocycles. The van der Waals surface area contributed by atoms with Crippen molar-refractivity contribution < 1.29 is 24.5 Å². The number of aliphatic hydroxyl groups excluding tert-OH is 2. The quantitative estimate of drug-likeness (QED) is 0.353. The van der Waals surface area contributed by atoms with E-state index in [4.69, 9.17) is 9.47 Å². The van der Waals surface area contributed by atoms with Crippen LogP contribution in [0.4, 0.5) is 0 Å². The van der Waals surface area contributed by atoms with Gasteiger partial charge in [0.05, 0.1) is 12.2 Å². The normalized spacial score (nSPS) is 47.5. The number of esters is 1. The summed E-state index contributed by atoms with van der Waals surface area (Å²) < 4.78 is 12.3. The predicted molar refractivity (Wildman–Crippen MR) is 144 cm³/mol. The molecule has 0 spiro atoms. The first-order valence-corrected chi connectivity index (χ1v) is 14.4. The lowest BCUT2D eigenvalue weighted by molar-refractivity contribution is -0.153. The highest BCUT2D eigenvalue weighted by molar-refractivity contribution is 5.66. The molecule has 5 nitrogen and oxygen atoms in total. The molecule has 0 aromatic rings. The molecular weight excluding hydrogens is 464 g/mol. The summed E-state index contributed by atoms with van der Waals surface area (Å²) in [7, 11) is 0. The van der Waals surface area contributed by atoms with Crippen molar-refractivity contribution in [3.8, 4) is 0 Å². The van der Waals surface area contributed by atoms with Crippen LogP contribution < -0.4 is 0 Å². The minimum absolute atomic E-state index is 0.000538. The molecule has 0 aromatic carbocycles. The molecule has 37 heavy (non-hydrogen) atoms. The van der Waals surface area contributed by atoms with E-state index in [2.05, 4.69) is 59.8 Å². The second kappa shape index (κ2) is 8.79. The largest absolute Gasteiger partial charge is 0.462 e. The van der Waals surface area contributed by atoms with Gasteiger partial charge >= 0.3 is 5.97 Å². The van der Waals surface area contributed by atoms with Gasteiger partial charge in [0, 0.05) is 12.3 Å². The fourth-order valence-corrected chi connectivity index (χ4v) is 9.54. The van der Waals surface area contributed by atoms with Crippen LogP contribution in [0.25, 0.3) is 0 Å². The molecule has 0 unspecified atom stereocenters. The molecular formula is C32H48O5. The molecule has 206 valence electrons. The van der Waals surface area contributed by atoms with Crippen molar-refractivity contribution in [2.75, 3.05) is 0 Å². The van der Waals surface area contributed by atoms with E-state index >= 15 is 0 Å². The zero-order valence-electron chi connectivity index (χ0n) is 24.1. The molecule has 2 N–H and O–H groups in total. The third kappa shape index (κ3) is 3.70. The van der Waals surface area contributed by atoms with E-state index in [0.29, 0.717) is 5.92 Å². The highest BCUT2D eigenvalue weighted by Crippen LogP contribution is 2.72. The molecule has 10 atom stereocenters. The number of hydrogen-bond donors (Lipinski definition) is 2. The Bertz CT molecular complexity index is 1050. The highest BCUT2D eigenvalue weighted by atomic mass is 16.6. The fraction of sp³-hybridized carbons (Fsp3) is 0.781. The van der Waals surface area contributed by atoms with Crippen LogP contribution in [0.5, 0.6) is 0 Å². The van der Waals surface area contributed by atoms with E-state index in [1.165, 1.54) is 18.1 Å². The Kier molecular flexibility index (Phi) is 6.45. The SMILES string of the molecule is CC(=O)O[C@H]1C[C@H]([C@H](C)[C@@H]2CC=C(C)[C@@H](O)O2)[C@@]2(C)CC=C3C(=CC[C@H]4C(C)(C)[C@@H](O)CC[C@]34C)[C@]12C. The van der Waals surface area contributed by atoms with Crippen molar-refractivity contribution >= 4 is 5.97 Å². The summed E-state index contributed by atoms with van der Waals surface area (Å²) in [6, 6.07) is 0. The van der Waals surface area contributed by atoms with Crippen molar-refractivity contribution in [1.29, 1.82) is 0 Å². The summed E-state index contributed by atoms with van der Waals surface area (Å²) in [5.74, 6) is 0.639. The molecule has 1 aliphatic heterocycles. The molecule has 5 heteroatoms. The number of allylic oxidation sites excluding steroid dienone is 3. The average molecular weight is 513 g/mol. The van der Waals surface area contributed by atoms with Gasteiger partial charge in [-0.2, -0.15) is 0 Å². The van der Waals surface area contributed by atoms with Gasteiger partial charge in [-0.25, -0.2) is 0 Å². The van der Waals surface area contributed by atoms with Gasteiger partial charge < -0.3 is 19.7 Å². The molecule has 2 fully saturated rings. The summed E-state index contributed by atoms with van der Waals surface area (Å²) >= 11 is 0. The number of carbonyl (C=O) groups excluding carboxylic acids is 1. The zero-order valence-corrected chi connectivity index (χ0v) is 24.1. The minimum Gasteiger partial charge on any atom is -0.462 e. The Morgan fingerprint density at radius 1 is 1.08 bits per heavy atom. The van der Waals surface area contributed by atoms with Gasteiger partial charge in [-0.05, 0) is 96.2 Å². The maximum absolute atomic E-state index is 12.4. The van der Waals surface area contributed by atoms with Gasteiger partial charge in [0.1, 0.15) is 6.10 Å². The second-order valence-electron chi connectivity index (χ2n) is 14.2. The van der Waals surface area contributed by atoms with Crippen molar-refractivity contribution in [1.82, 2.24) is 0 Å². The van der Waals surface area contributed by atoms with Crippen molar-refractivity contribution in [3.05, 3.63) is 34.9 Å². The number of fused-ring (bicyclic) bond motifs is 5. The Morgan fingerprint density at radius 3 is 2.43 bits per heavy atom. The number of carbonyl (C=O) groups is 1. The van der Waals surface area contributed by atoms with Crippen molar-refractivity contribution in [2.24, 2.45) is 39.4 Å². The number of ether oxygens (including phenoxy) is 2. The molecule has 0 saturated heterocycles. The van der Waals surface area contributed by atoms with Gasteiger partial charge in [0.25, 0.3) is 0 Å². The third-order valence-electron chi connectivity index (χ3n) is 12.2. The Hall–Kier alpha value is -1.43. The van der Waals surface area contributed by atoms with Crippen LogP contribution in [0, 0.1) is 39.4 Å². The Balaban J connectivity index is 1.57. The van der Waals surface area contributed by atoms with Crippen LogP contribution in [0.3, 0.4) is 0 Å². The molecule has 0 amide bonds. The first-order valence-electron chi connectivity index (χ1n) is 14.4. The monoisotopic (exact) mass is 512 g/mol. The maximum Gasteiger partial charge on any atom is 0.302 e. The van der Waals surface area contributed by atoms with E-state index in [1.54, 1.807) is 0 Å². The average Bonchev–Trinajstić information content (AvgIpc) is 3.05. The number of aliphatic hydroxyl groups is 2. The van der Waals surface area contributed by atoms with E-state index in [1.807, 2.05) is 6.92 Å². The number of rotatable bonds is 3. The molecule has 4 aliphatic carbocycles. The third-order valence-corrected chi connectivity index (χ3v) is 12.2. The van der Waals surface area contributed by atoms with Crippen LogP contribution >= 0.6 is 0 Å². The number of hydrogen-bond acceptors (Lipinski definition) is 5. The predicted octanol–water partition coefficient (Wildman–Crippen LogP) is 6.10. The highest BCUT2D eigenvalue weighted by Gasteiger charge is 2.68. The first kappa shape index (κ1) is 27.1. The van der Waals surface area contributed by atoms with Crippen molar-refractivity contribution in [3.63, 3.8) is 0 Å². The first-order chi connectivity index (χ1) is 17.2. The van der Waals surface area contributed by atoms with Crippen LogP contribution in [0.1, 0.15) is 93.9 Å². The molecule has 5 rings (SSSR count). The molecule has 0 bridgehead atoms. The maximum atomic E-state index is 12.4. The smallest absolute Gasteiger partial charge is 0.302 e. The van der Waals surface area contributed by atoms with Gasteiger partial charge in [0.2, 0.25) is 0 Å². The standard InChI is InChI=1S/C32H48O5/c1-18-9-11-24(37-28(18)35)19(2)23-17-27(36-20(3)33)32(8)22-10-12-25-29(4,5)26(34)14-15-30(25,6)21(22)13-16-31(23,32)7/h9-10,13,19,23-28,34-35H,11-12,14-17H2,1-8H3/t19-,23+,24-,25-,26-,27-,28-,30+,31+,32+/m0/s1. The van der Waals surface area contributed by atoms with Crippen LogP contribution in [0.2, 0.25) is 0 Å². The van der Waals surface area contributed by atoms with E-state index < -0.39 is 6.29 Å². The van der Waals surface area contributed by atoms with Gasteiger partial charge in [-0.1, -0.05) is 59.8 Å². The molecule has 0 aromatic heterocycles. The van der Waals surface area contributed by atoms with E-state index in [-0.39, 0.29) is 57.8 Å². The van der Waals surface area contributed by atoms with Gasteiger partial charge in [-0.3, -0.25) is 4.79 Å². The summed E-state index contributed by atoms with van der Waals surface area (Å²) in [6.07, 6.45) is 10.9. The zero-order chi connectivity index (χ0) is 27.1. The van der Waals surface area contributed by atoms with E-state index in [0.717, 1.165) is 44.1 Å². The Morgan fingerprint density at radius 2 is 1.78 bits per heavy atom. The molecule has 5 aliphatic rings. The fourth-order valence-electron chi connectivity index (χ4n) is 9.54. The van der Waals surface area contributed by atoms with E-state index in [9.17, 15) is 15.0 Å². The van der Waals surface area contributed by atoms with Crippen LogP contribution in [0.15, 0.2) is 34.9 Å². The summed E-state index contributed by atoms with van der Waals surface area (Å²) in [6.45, 7) is 17.3. The lowest BCUT2D eigenvalue weighted by Crippen LogP contribution is -2.56. The molecule has 2 saturated carbocycles. The van der Waals surface area contributed by atoms with Crippen molar-refractivity contribution in [2.45, 2.75) is 119 Å². The summed E-state index contributed by atoms with van der Waals surface area (Å²) in [5, 5.41) is 21.3. The van der Waals surface area contributed by atoms with Gasteiger partial charge in [0.15, 0.2) is 6.29 Å². The van der Waals surface area contributed by atoms with Gasteiger partial charge in [-0.15, -0.1) is 0 Å². The lowest BCUT2D eigenvalue weighted by atomic mass is 9.44. The van der Waals surface area contributed by atoms with Crippen LogP contribution in [-0.4, -0.2) is 40.8 Å². The summed E-state index contributed by atoms with van der Waals surface area (Å²) in [4.78, 5) is 12.4. The second-order valence-corrected chi connectivity index (χ2v) is 14.2. The lowest BCUT2D eigenvalue weighted by Gasteiger charge is -2.61. The summed E-state index contributed by atoms with van der Waals surface area (Å²) in [5.41, 5.74) is 3.11. The molecule has 0 radical (unpaired) electrons. The minimum atomic E-state index is -0.841. The topological polar surface area (TPSA) is 76.0 Å². The van der Waals surface area contributed by atoms with Crippen LogP contribution in [-0.2, 0) is 14.3 Å².